The molecule has 3 rings (SSSR count). The molecule has 0 amide bonds. The Labute approximate surface area is 154 Å². The maximum Gasteiger partial charge on any atom is 0.133 e. The third kappa shape index (κ3) is 4.56. The van der Waals surface area contributed by atoms with Gasteiger partial charge in [-0.25, -0.2) is 14.4 Å². The van der Waals surface area contributed by atoms with Gasteiger partial charge in [0.2, 0.25) is 0 Å². The molecule has 1 atom stereocenters. The zero-order chi connectivity index (χ0) is 18.7. The van der Waals surface area contributed by atoms with Crippen molar-refractivity contribution in [2.75, 3.05) is 37.6 Å². The number of aromatic nitrogens is 2. The summed E-state index contributed by atoms with van der Waals surface area (Å²) < 4.78 is 13.3. The van der Waals surface area contributed by atoms with E-state index in [1.54, 1.807) is 12.1 Å². The van der Waals surface area contributed by atoms with Gasteiger partial charge in [0.05, 0.1) is 6.10 Å². The van der Waals surface area contributed by atoms with E-state index in [9.17, 15) is 9.50 Å². The number of benzene rings is 1. The van der Waals surface area contributed by atoms with Gasteiger partial charge in [-0.05, 0) is 24.6 Å². The first-order chi connectivity index (χ1) is 12.4. The van der Waals surface area contributed by atoms with Crippen LogP contribution in [0.2, 0.25) is 0 Å². The molecule has 1 aromatic heterocycles. The summed E-state index contributed by atoms with van der Waals surface area (Å²) in [6.45, 7) is 10.1. The monoisotopic (exact) mass is 358 g/mol. The largest absolute Gasteiger partial charge is 0.387 e. The molecule has 2 aromatic rings. The third-order valence-electron chi connectivity index (χ3n) is 4.74. The summed E-state index contributed by atoms with van der Waals surface area (Å²) in [6.07, 6.45) is -0.675. The number of hydrogen-bond acceptors (Lipinski definition) is 5. The van der Waals surface area contributed by atoms with Crippen LogP contribution in [0.3, 0.4) is 0 Å². The maximum absolute atomic E-state index is 13.3. The van der Waals surface area contributed by atoms with Crippen molar-refractivity contribution in [1.82, 2.24) is 14.9 Å². The van der Waals surface area contributed by atoms with Crippen molar-refractivity contribution in [2.45, 2.75) is 32.8 Å². The van der Waals surface area contributed by atoms with Gasteiger partial charge in [0.25, 0.3) is 0 Å². The van der Waals surface area contributed by atoms with Gasteiger partial charge in [-0.1, -0.05) is 26.0 Å². The van der Waals surface area contributed by atoms with Gasteiger partial charge in [-0.15, -0.1) is 0 Å². The highest BCUT2D eigenvalue weighted by atomic mass is 19.1. The van der Waals surface area contributed by atoms with Crippen LogP contribution in [0.5, 0.6) is 0 Å². The molecular formula is C20H27FN4O. The number of anilines is 1. The fourth-order valence-electron chi connectivity index (χ4n) is 3.22. The molecule has 0 aliphatic carbocycles. The molecule has 1 aromatic carbocycles. The smallest absolute Gasteiger partial charge is 0.133 e. The summed E-state index contributed by atoms with van der Waals surface area (Å²) in [4.78, 5) is 13.7. The molecule has 2 heterocycles. The van der Waals surface area contributed by atoms with Gasteiger partial charge in [-0.3, -0.25) is 4.90 Å². The average Bonchev–Trinajstić information content (AvgIpc) is 2.61. The number of β-amino-alcohol motifs (C(OH)–C–C–N with tert-alkyl or cyclic N) is 1. The highest BCUT2D eigenvalue weighted by Crippen LogP contribution is 2.20. The van der Waals surface area contributed by atoms with E-state index in [2.05, 4.69) is 28.6 Å². The second-order valence-corrected chi connectivity index (χ2v) is 7.24. The fourth-order valence-corrected chi connectivity index (χ4v) is 3.22. The van der Waals surface area contributed by atoms with E-state index in [0.29, 0.717) is 18.0 Å². The van der Waals surface area contributed by atoms with E-state index in [-0.39, 0.29) is 5.82 Å². The summed E-state index contributed by atoms with van der Waals surface area (Å²) in [5.74, 6) is 1.85. The molecule has 1 saturated heterocycles. The van der Waals surface area contributed by atoms with E-state index in [4.69, 9.17) is 4.98 Å². The molecule has 6 heteroatoms. The van der Waals surface area contributed by atoms with Crippen LogP contribution in [0.1, 0.15) is 43.0 Å². The Kier molecular flexibility index (Phi) is 5.84. The van der Waals surface area contributed by atoms with Gasteiger partial charge < -0.3 is 10.0 Å². The SMILES string of the molecule is Cc1cc(N2CCN(CC(O)c3cccc(F)c3)CC2)nc(C(C)C)n1. The van der Waals surface area contributed by atoms with Crippen molar-refractivity contribution in [3.63, 3.8) is 0 Å². The number of piperazine rings is 1. The van der Waals surface area contributed by atoms with E-state index in [1.807, 2.05) is 13.0 Å². The Morgan fingerprint density at radius 1 is 1.12 bits per heavy atom. The summed E-state index contributed by atoms with van der Waals surface area (Å²) in [5.41, 5.74) is 1.61. The third-order valence-corrected chi connectivity index (χ3v) is 4.74. The molecule has 1 unspecified atom stereocenters. The van der Waals surface area contributed by atoms with Crippen molar-refractivity contribution >= 4 is 5.82 Å². The number of halogens is 1. The molecule has 0 saturated carbocycles. The molecular weight excluding hydrogens is 331 g/mol. The van der Waals surface area contributed by atoms with Gasteiger partial charge in [0.15, 0.2) is 0 Å². The minimum Gasteiger partial charge on any atom is -0.387 e. The Bertz CT molecular complexity index is 744. The second kappa shape index (κ2) is 8.10. The molecule has 0 spiro atoms. The minimum absolute atomic E-state index is 0.302. The second-order valence-electron chi connectivity index (χ2n) is 7.24. The lowest BCUT2D eigenvalue weighted by atomic mass is 10.1. The van der Waals surface area contributed by atoms with E-state index < -0.39 is 6.10 Å². The van der Waals surface area contributed by atoms with Crippen LogP contribution in [-0.4, -0.2) is 52.7 Å². The number of rotatable bonds is 5. The van der Waals surface area contributed by atoms with Crippen LogP contribution in [0.4, 0.5) is 10.2 Å². The Morgan fingerprint density at radius 2 is 1.85 bits per heavy atom. The molecule has 140 valence electrons. The molecule has 1 N–H and O–H groups in total. The van der Waals surface area contributed by atoms with E-state index in [0.717, 1.165) is 43.5 Å². The molecule has 1 fully saturated rings. The van der Waals surface area contributed by atoms with Crippen molar-refractivity contribution in [3.8, 4) is 0 Å². The van der Waals surface area contributed by atoms with Crippen LogP contribution >= 0.6 is 0 Å². The minimum atomic E-state index is -0.675. The first-order valence-corrected chi connectivity index (χ1v) is 9.19. The summed E-state index contributed by atoms with van der Waals surface area (Å²) >= 11 is 0. The lowest BCUT2D eigenvalue weighted by Crippen LogP contribution is -2.48. The maximum atomic E-state index is 13.3. The molecule has 0 bridgehead atoms. The van der Waals surface area contributed by atoms with E-state index in [1.165, 1.54) is 12.1 Å². The molecule has 1 aliphatic heterocycles. The molecule has 26 heavy (non-hydrogen) atoms. The van der Waals surface area contributed by atoms with Crippen molar-refractivity contribution in [1.29, 1.82) is 0 Å². The van der Waals surface area contributed by atoms with Gasteiger partial charge in [-0.2, -0.15) is 0 Å². The summed E-state index contributed by atoms with van der Waals surface area (Å²) in [5, 5.41) is 10.4. The van der Waals surface area contributed by atoms with Crippen LogP contribution in [0.15, 0.2) is 30.3 Å². The zero-order valence-electron chi connectivity index (χ0n) is 15.7. The zero-order valence-corrected chi connectivity index (χ0v) is 15.7. The van der Waals surface area contributed by atoms with Gasteiger partial charge in [0, 0.05) is 50.4 Å². The summed E-state index contributed by atoms with van der Waals surface area (Å²) in [6, 6.07) is 8.22. The van der Waals surface area contributed by atoms with Crippen LogP contribution in [0.25, 0.3) is 0 Å². The number of aryl methyl sites for hydroxylation is 1. The van der Waals surface area contributed by atoms with Gasteiger partial charge >= 0.3 is 0 Å². The molecule has 0 radical (unpaired) electrons. The standard InChI is InChI=1S/C20H27FN4O/c1-14(2)20-22-15(3)11-19(23-20)25-9-7-24(8-10-25)13-18(26)16-5-4-6-17(21)12-16/h4-6,11-12,14,18,26H,7-10,13H2,1-3H3. The number of aliphatic hydroxyl groups excluding tert-OH is 1. The summed E-state index contributed by atoms with van der Waals surface area (Å²) in [7, 11) is 0. The average molecular weight is 358 g/mol. The number of hydrogen-bond donors (Lipinski definition) is 1. The first kappa shape index (κ1) is 18.7. The van der Waals surface area contributed by atoms with Crippen molar-refractivity contribution in [3.05, 3.63) is 53.2 Å². The topological polar surface area (TPSA) is 52.5 Å². The highest BCUT2D eigenvalue weighted by Gasteiger charge is 2.22. The Hall–Kier alpha value is -2.05. The fraction of sp³-hybridized carbons (Fsp3) is 0.500. The predicted molar refractivity (Wildman–Crippen MR) is 101 cm³/mol. The van der Waals surface area contributed by atoms with Gasteiger partial charge in [0.1, 0.15) is 17.5 Å². The normalized spacial score (nSPS) is 16.9. The van der Waals surface area contributed by atoms with Crippen molar-refractivity contribution in [2.24, 2.45) is 0 Å². The number of nitrogens with zero attached hydrogens (tertiary/aromatic N) is 4. The highest BCUT2D eigenvalue weighted by molar-refractivity contribution is 5.40. The number of aliphatic hydroxyl groups is 1. The van der Waals surface area contributed by atoms with Crippen LogP contribution < -0.4 is 4.90 Å². The van der Waals surface area contributed by atoms with E-state index >= 15 is 0 Å². The lowest BCUT2D eigenvalue weighted by molar-refractivity contribution is 0.109. The Balaban J connectivity index is 1.59. The molecule has 1 aliphatic rings. The lowest BCUT2D eigenvalue weighted by Gasteiger charge is -2.36. The molecule has 5 nitrogen and oxygen atoms in total. The van der Waals surface area contributed by atoms with Crippen LogP contribution in [0, 0.1) is 12.7 Å². The quantitative estimate of drug-likeness (QED) is 0.891. The Morgan fingerprint density at radius 3 is 2.50 bits per heavy atom. The first-order valence-electron chi connectivity index (χ1n) is 9.19. The predicted octanol–water partition coefficient (Wildman–Crippen LogP) is 2.90. The van der Waals surface area contributed by atoms with Crippen molar-refractivity contribution < 1.29 is 9.50 Å². The van der Waals surface area contributed by atoms with Crippen LogP contribution in [-0.2, 0) is 0 Å².